The number of halogens is 1. The topological polar surface area (TPSA) is 66.0 Å². The van der Waals surface area contributed by atoms with Gasteiger partial charge in [0.15, 0.2) is 23.0 Å². The van der Waals surface area contributed by atoms with E-state index in [0.717, 1.165) is 26.7 Å². The molecule has 4 aromatic carbocycles. The van der Waals surface area contributed by atoms with Crippen LogP contribution < -0.4 is 24.3 Å². The highest BCUT2D eigenvalue weighted by molar-refractivity contribution is 9.10. The first kappa shape index (κ1) is 28.0. The van der Waals surface area contributed by atoms with Crippen molar-refractivity contribution >= 4 is 21.8 Å². The third-order valence-electron chi connectivity index (χ3n) is 6.12. The molecular formula is C32H32BrNO5. The molecule has 1 amide bonds. The zero-order chi connectivity index (χ0) is 27.5. The summed E-state index contributed by atoms with van der Waals surface area (Å²) < 4.78 is 23.7. The molecule has 0 unspecified atom stereocenters. The van der Waals surface area contributed by atoms with Gasteiger partial charge in [-0.2, -0.15) is 0 Å². The van der Waals surface area contributed by atoms with E-state index in [4.69, 9.17) is 18.9 Å². The Balaban J connectivity index is 1.30. The van der Waals surface area contributed by atoms with Crippen LogP contribution in [0.1, 0.15) is 22.3 Å². The lowest BCUT2D eigenvalue weighted by molar-refractivity contribution is -0.120. The van der Waals surface area contributed by atoms with Crippen molar-refractivity contribution in [2.24, 2.45) is 0 Å². The van der Waals surface area contributed by atoms with Crippen molar-refractivity contribution in [1.82, 2.24) is 5.32 Å². The van der Waals surface area contributed by atoms with Crippen LogP contribution in [0.5, 0.6) is 23.0 Å². The number of benzene rings is 4. The van der Waals surface area contributed by atoms with Crippen molar-refractivity contribution in [3.05, 3.63) is 118 Å². The van der Waals surface area contributed by atoms with Gasteiger partial charge in [-0.1, -0.05) is 82.7 Å². The van der Waals surface area contributed by atoms with Crippen LogP contribution >= 0.6 is 15.9 Å². The van der Waals surface area contributed by atoms with Crippen LogP contribution in [0.4, 0.5) is 0 Å². The molecule has 1 N–H and O–H groups in total. The Hall–Kier alpha value is -3.97. The highest BCUT2D eigenvalue weighted by Gasteiger charge is 2.14. The second kappa shape index (κ2) is 14.3. The monoisotopic (exact) mass is 589 g/mol. The Morgan fingerprint density at radius 1 is 0.692 bits per heavy atom. The molecule has 4 rings (SSSR count). The Kier molecular flexibility index (Phi) is 10.3. The number of hydrogen-bond acceptors (Lipinski definition) is 5. The molecule has 0 saturated heterocycles. The van der Waals surface area contributed by atoms with Gasteiger partial charge in [0.25, 0.3) is 0 Å². The van der Waals surface area contributed by atoms with Crippen molar-refractivity contribution < 1.29 is 23.7 Å². The highest BCUT2D eigenvalue weighted by Crippen LogP contribution is 2.34. The van der Waals surface area contributed by atoms with Crippen LogP contribution in [0.2, 0.25) is 0 Å². The maximum Gasteiger partial charge on any atom is 0.224 e. The van der Waals surface area contributed by atoms with Crippen LogP contribution in [0.15, 0.2) is 95.5 Å². The van der Waals surface area contributed by atoms with Crippen molar-refractivity contribution in [2.45, 2.75) is 26.1 Å². The Morgan fingerprint density at radius 3 is 1.90 bits per heavy atom. The summed E-state index contributed by atoms with van der Waals surface area (Å²) in [7, 11) is 3.22. The molecule has 6 nitrogen and oxygen atoms in total. The standard InChI is InChI=1S/C32H32BrNO5/c1-36-29-17-23(13-14-28(29)38-21-24-9-5-3-6-10-24)15-16-34-32(35)19-26-18-31(30(37-2)20-27(26)33)39-22-25-11-7-4-8-12-25/h3-14,17-18,20H,15-16,19,21-22H2,1-2H3,(H,34,35). The van der Waals surface area contributed by atoms with Gasteiger partial charge in [-0.15, -0.1) is 0 Å². The third kappa shape index (κ3) is 8.26. The lowest BCUT2D eigenvalue weighted by atomic mass is 10.1. The fourth-order valence-corrected chi connectivity index (χ4v) is 4.49. The minimum Gasteiger partial charge on any atom is -0.493 e. The van der Waals surface area contributed by atoms with Crippen molar-refractivity contribution in [1.29, 1.82) is 0 Å². The van der Waals surface area contributed by atoms with E-state index in [9.17, 15) is 4.79 Å². The van der Waals surface area contributed by atoms with Gasteiger partial charge in [0.1, 0.15) is 13.2 Å². The Bertz CT molecular complexity index is 1360. The minimum absolute atomic E-state index is 0.0790. The van der Waals surface area contributed by atoms with Gasteiger partial charge in [-0.3, -0.25) is 4.79 Å². The third-order valence-corrected chi connectivity index (χ3v) is 6.86. The first-order valence-electron chi connectivity index (χ1n) is 12.7. The molecule has 0 saturated carbocycles. The molecule has 7 heteroatoms. The van der Waals surface area contributed by atoms with Gasteiger partial charge >= 0.3 is 0 Å². The summed E-state index contributed by atoms with van der Waals surface area (Å²) in [4.78, 5) is 12.7. The van der Waals surface area contributed by atoms with Gasteiger partial charge in [-0.25, -0.2) is 0 Å². The maximum absolute atomic E-state index is 12.7. The molecule has 0 aromatic heterocycles. The highest BCUT2D eigenvalue weighted by atomic mass is 79.9. The lowest BCUT2D eigenvalue weighted by Crippen LogP contribution is -2.27. The van der Waals surface area contributed by atoms with Crippen molar-refractivity contribution in [3.8, 4) is 23.0 Å². The smallest absolute Gasteiger partial charge is 0.224 e. The molecule has 0 atom stereocenters. The SMILES string of the molecule is COc1cc(CCNC(=O)Cc2cc(OCc3ccccc3)c(OC)cc2Br)ccc1OCc1ccccc1. The molecule has 0 bridgehead atoms. The number of amides is 1. The van der Waals surface area contributed by atoms with E-state index < -0.39 is 0 Å². The maximum atomic E-state index is 12.7. The largest absolute Gasteiger partial charge is 0.493 e. The molecule has 0 aliphatic rings. The molecule has 4 aromatic rings. The average Bonchev–Trinajstić information content (AvgIpc) is 2.97. The fraction of sp³-hybridized carbons (Fsp3) is 0.219. The summed E-state index contributed by atoms with van der Waals surface area (Å²) in [6.45, 7) is 1.37. The van der Waals surface area contributed by atoms with Gasteiger partial charge in [0, 0.05) is 11.0 Å². The van der Waals surface area contributed by atoms with Gasteiger partial charge < -0.3 is 24.3 Å². The Labute approximate surface area is 238 Å². The molecule has 202 valence electrons. The van der Waals surface area contributed by atoms with Gasteiger partial charge in [0.2, 0.25) is 5.91 Å². The molecule has 0 fully saturated rings. The first-order valence-corrected chi connectivity index (χ1v) is 13.5. The van der Waals surface area contributed by atoms with Gasteiger partial charge in [-0.05, 0) is 52.9 Å². The van der Waals surface area contributed by atoms with E-state index in [1.165, 1.54) is 0 Å². The number of carbonyl (C=O) groups excluding carboxylic acids is 1. The second-order valence-electron chi connectivity index (χ2n) is 8.90. The van der Waals surface area contributed by atoms with Crippen LogP contribution in [0.3, 0.4) is 0 Å². The quantitative estimate of drug-likeness (QED) is 0.192. The van der Waals surface area contributed by atoms with E-state index in [1.807, 2.05) is 91.0 Å². The molecule has 0 radical (unpaired) electrons. The van der Waals surface area contributed by atoms with E-state index in [2.05, 4.69) is 21.2 Å². The number of rotatable bonds is 13. The van der Waals surface area contributed by atoms with E-state index >= 15 is 0 Å². The molecule has 0 spiro atoms. The number of methoxy groups -OCH3 is 2. The zero-order valence-electron chi connectivity index (χ0n) is 22.1. The predicted molar refractivity (Wildman–Crippen MR) is 156 cm³/mol. The Morgan fingerprint density at radius 2 is 1.28 bits per heavy atom. The predicted octanol–water partition coefficient (Wildman–Crippen LogP) is 6.53. The molecule has 39 heavy (non-hydrogen) atoms. The van der Waals surface area contributed by atoms with Crippen LogP contribution in [-0.2, 0) is 30.8 Å². The molecule has 0 aliphatic carbocycles. The fourth-order valence-electron chi connectivity index (χ4n) is 4.02. The normalized spacial score (nSPS) is 10.5. The van der Waals surface area contributed by atoms with Crippen LogP contribution in [0, 0.1) is 0 Å². The second-order valence-corrected chi connectivity index (χ2v) is 9.76. The van der Waals surface area contributed by atoms with Crippen LogP contribution in [0.25, 0.3) is 0 Å². The number of carbonyl (C=O) groups is 1. The lowest BCUT2D eigenvalue weighted by Gasteiger charge is -2.15. The van der Waals surface area contributed by atoms with E-state index in [-0.39, 0.29) is 12.3 Å². The number of hydrogen-bond donors (Lipinski definition) is 1. The van der Waals surface area contributed by atoms with E-state index in [1.54, 1.807) is 14.2 Å². The molecule has 0 heterocycles. The summed E-state index contributed by atoms with van der Waals surface area (Å²) >= 11 is 3.56. The molecule has 0 aliphatic heterocycles. The first-order chi connectivity index (χ1) is 19.1. The average molecular weight is 591 g/mol. The summed E-state index contributed by atoms with van der Waals surface area (Å²) in [5.74, 6) is 2.47. The number of ether oxygens (including phenoxy) is 4. The summed E-state index contributed by atoms with van der Waals surface area (Å²) in [6.07, 6.45) is 0.873. The van der Waals surface area contributed by atoms with Gasteiger partial charge in [0.05, 0.1) is 20.6 Å². The number of nitrogens with one attached hydrogen (secondary N) is 1. The summed E-state index contributed by atoms with van der Waals surface area (Å²) in [5, 5.41) is 3.01. The summed E-state index contributed by atoms with van der Waals surface area (Å²) in [5.41, 5.74) is 4.00. The van der Waals surface area contributed by atoms with Crippen molar-refractivity contribution in [2.75, 3.05) is 20.8 Å². The minimum atomic E-state index is -0.0790. The van der Waals surface area contributed by atoms with Crippen LogP contribution in [-0.4, -0.2) is 26.7 Å². The molecular weight excluding hydrogens is 558 g/mol. The van der Waals surface area contributed by atoms with E-state index in [0.29, 0.717) is 49.2 Å². The van der Waals surface area contributed by atoms with Crippen molar-refractivity contribution in [3.63, 3.8) is 0 Å². The zero-order valence-corrected chi connectivity index (χ0v) is 23.7. The summed E-state index contributed by atoms with van der Waals surface area (Å²) in [6, 6.07) is 29.4.